The molecule has 0 spiro atoms. The van der Waals surface area contributed by atoms with E-state index in [0.717, 1.165) is 13.0 Å². The molecule has 0 unspecified atom stereocenters. The van der Waals surface area contributed by atoms with Crippen LogP contribution < -0.4 is 11.1 Å². The fraction of sp³-hybridized carbons (Fsp3) is 0.200. The zero-order valence-electron chi connectivity index (χ0n) is 10.3. The maximum Gasteiger partial charge on any atom is 0.0410 e. The van der Waals surface area contributed by atoms with Crippen LogP contribution in [0.1, 0.15) is 13.3 Å². The first kappa shape index (κ1) is 13.3. The molecule has 2 rings (SSSR count). The van der Waals surface area contributed by atoms with E-state index in [9.17, 15) is 0 Å². The lowest BCUT2D eigenvalue weighted by atomic mass is 10.2. The van der Waals surface area contributed by atoms with Gasteiger partial charge in [-0.2, -0.15) is 0 Å². The maximum absolute atomic E-state index is 2.35. The summed E-state index contributed by atoms with van der Waals surface area (Å²) < 4.78 is 0. The molecule has 3 N–H and O–H groups in total. The molecule has 0 saturated carbocycles. The predicted octanol–water partition coefficient (Wildman–Crippen LogP) is 4.40. The fourth-order valence-electron chi connectivity index (χ4n) is 1.85. The van der Waals surface area contributed by atoms with Crippen LogP contribution in [0.15, 0.2) is 60.7 Å². The summed E-state index contributed by atoms with van der Waals surface area (Å²) in [5.41, 5.74) is 2.52. The van der Waals surface area contributed by atoms with Crippen molar-refractivity contribution in [2.45, 2.75) is 13.3 Å². The minimum Gasteiger partial charge on any atom is -0.344 e. The van der Waals surface area contributed by atoms with Gasteiger partial charge in [-0.1, -0.05) is 43.3 Å². The van der Waals surface area contributed by atoms with Crippen molar-refractivity contribution in [1.29, 1.82) is 0 Å². The van der Waals surface area contributed by atoms with E-state index in [2.05, 4.69) is 72.5 Å². The molecule has 2 aromatic carbocycles. The van der Waals surface area contributed by atoms with Crippen molar-refractivity contribution in [2.75, 3.05) is 11.4 Å². The van der Waals surface area contributed by atoms with Gasteiger partial charge in [-0.05, 0) is 30.7 Å². The molecule has 90 valence electrons. The molecule has 0 heterocycles. The highest BCUT2D eigenvalue weighted by atomic mass is 15.1. The van der Waals surface area contributed by atoms with E-state index < -0.39 is 0 Å². The third-order valence-electron chi connectivity index (χ3n) is 2.58. The fourth-order valence-corrected chi connectivity index (χ4v) is 1.85. The van der Waals surface area contributed by atoms with E-state index in [1.54, 1.807) is 0 Å². The molecule has 0 aromatic heterocycles. The zero-order valence-corrected chi connectivity index (χ0v) is 10.3. The minimum atomic E-state index is 0. The summed E-state index contributed by atoms with van der Waals surface area (Å²) in [4.78, 5) is 2.35. The second-order valence-electron chi connectivity index (χ2n) is 3.82. The zero-order chi connectivity index (χ0) is 11.2. The van der Waals surface area contributed by atoms with Crippen molar-refractivity contribution in [2.24, 2.45) is 0 Å². The molecule has 0 amide bonds. The average Bonchev–Trinajstić information content (AvgIpc) is 2.38. The van der Waals surface area contributed by atoms with Crippen molar-refractivity contribution in [1.82, 2.24) is 6.15 Å². The Morgan fingerprint density at radius 3 is 1.53 bits per heavy atom. The second-order valence-corrected chi connectivity index (χ2v) is 3.82. The SMILES string of the molecule is CCCN(c1ccccc1)c1ccccc1.N. The quantitative estimate of drug-likeness (QED) is 0.842. The monoisotopic (exact) mass is 228 g/mol. The number of anilines is 2. The van der Waals surface area contributed by atoms with Gasteiger partial charge < -0.3 is 11.1 Å². The summed E-state index contributed by atoms with van der Waals surface area (Å²) in [6.07, 6.45) is 1.14. The summed E-state index contributed by atoms with van der Waals surface area (Å²) in [7, 11) is 0. The lowest BCUT2D eigenvalue weighted by Crippen LogP contribution is -2.17. The summed E-state index contributed by atoms with van der Waals surface area (Å²) in [6.45, 7) is 3.26. The Bertz CT molecular complexity index is 372. The van der Waals surface area contributed by atoms with Crippen LogP contribution in [0.2, 0.25) is 0 Å². The van der Waals surface area contributed by atoms with Gasteiger partial charge in [0.15, 0.2) is 0 Å². The average molecular weight is 228 g/mol. The van der Waals surface area contributed by atoms with Gasteiger partial charge in [0.2, 0.25) is 0 Å². The van der Waals surface area contributed by atoms with E-state index in [-0.39, 0.29) is 6.15 Å². The van der Waals surface area contributed by atoms with Gasteiger partial charge in [-0.25, -0.2) is 0 Å². The normalized spacial score (nSPS) is 9.47. The van der Waals surface area contributed by atoms with Crippen LogP contribution in [0, 0.1) is 0 Å². The Hall–Kier alpha value is -1.80. The molecule has 0 bridgehead atoms. The van der Waals surface area contributed by atoms with Crippen molar-refractivity contribution in [3.8, 4) is 0 Å². The van der Waals surface area contributed by atoms with Crippen molar-refractivity contribution in [3.05, 3.63) is 60.7 Å². The Kier molecular flexibility index (Phi) is 5.24. The number of para-hydroxylation sites is 2. The molecule has 0 radical (unpaired) electrons. The Labute approximate surface area is 103 Å². The lowest BCUT2D eigenvalue weighted by Gasteiger charge is -2.24. The van der Waals surface area contributed by atoms with Gasteiger partial charge in [0.1, 0.15) is 0 Å². The van der Waals surface area contributed by atoms with E-state index >= 15 is 0 Å². The van der Waals surface area contributed by atoms with Gasteiger partial charge in [-0.3, -0.25) is 0 Å². The lowest BCUT2D eigenvalue weighted by molar-refractivity contribution is 0.886. The van der Waals surface area contributed by atoms with Crippen LogP contribution in [-0.4, -0.2) is 6.54 Å². The number of benzene rings is 2. The van der Waals surface area contributed by atoms with Gasteiger partial charge in [-0.15, -0.1) is 0 Å². The van der Waals surface area contributed by atoms with Crippen molar-refractivity contribution < 1.29 is 0 Å². The third-order valence-corrected chi connectivity index (χ3v) is 2.58. The predicted molar refractivity (Wildman–Crippen MR) is 75.2 cm³/mol. The first-order valence-corrected chi connectivity index (χ1v) is 5.79. The second kappa shape index (κ2) is 6.71. The van der Waals surface area contributed by atoms with E-state index in [1.807, 2.05) is 0 Å². The van der Waals surface area contributed by atoms with E-state index in [4.69, 9.17) is 0 Å². The number of hydrogen-bond donors (Lipinski definition) is 1. The molecule has 0 fully saturated rings. The molecule has 17 heavy (non-hydrogen) atoms. The summed E-state index contributed by atoms with van der Waals surface area (Å²) in [5.74, 6) is 0. The highest BCUT2D eigenvalue weighted by molar-refractivity contribution is 5.62. The molecule has 0 aliphatic rings. The topological polar surface area (TPSA) is 38.2 Å². The number of rotatable bonds is 4. The van der Waals surface area contributed by atoms with Crippen LogP contribution in [-0.2, 0) is 0 Å². The number of hydrogen-bond acceptors (Lipinski definition) is 2. The Balaban J connectivity index is 0.00000144. The van der Waals surface area contributed by atoms with Gasteiger partial charge in [0.05, 0.1) is 0 Å². The van der Waals surface area contributed by atoms with Crippen molar-refractivity contribution >= 4 is 11.4 Å². The van der Waals surface area contributed by atoms with Crippen LogP contribution in [0.3, 0.4) is 0 Å². The molecule has 0 aliphatic carbocycles. The van der Waals surface area contributed by atoms with E-state index in [0.29, 0.717) is 0 Å². The molecular weight excluding hydrogens is 208 g/mol. The summed E-state index contributed by atoms with van der Waals surface area (Å²) in [5, 5.41) is 0. The molecule has 0 saturated heterocycles. The standard InChI is InChI=1S/C15H17N.H3N/c1-2-13-16(14-9-5-3-6-10-14)15-11-7-4-8-12-15;/h3-12H,2,13H2,1H3;1H3. The molecule has 0 atom stereocenters. The van der Waals surface area contributed by atoms with E-state index in [1.165, 1.54) is 11.4 Å². The molecule has 2 heteroatoms. The minimum absolute atomic E-state index is 0. The van der Waals surface area contributed by atoms with Gasteiger partial charge in [0, 0.05) is 17.9 Å². The molecule has 2 aromatic rings. The van der Waals surface area contributed by atoms with Crippen LogP contribution in [0.4, 0.5) is 11.4 Å². The van der Waals surface area contributed by atoms with Crippen LogP contribution in [0.5, 0.6) is 0 Å². The van der Waals surface area contributed by atoms with Crippen LogP contribution in [0.25, 0.3) is 0 Å². The highest BCUT2D eigenvalue weighted by Crippen LogP contribution is 2.24. The summed E-state index contributed by atoms with van der Waals surface area (Å²) >= 11 is 0. The largest absolute Gasteiger partial charge is 0.344 e. The number of nitrogens with zero attached hydrogens (tertiary/aromatic N) is 1. The molecular formula is C15H20N2. The Morgan fingerprint density at radius 2 is 1.18 bits per heavy atom. The van der Waals surface area contributed by atoms with Crippen molar-refractivity contribution in [3.63, 3.8) is 0 Å². The highest BCUT2D eigenvalue weighted by Gasteiger charge is 2.06. The molecule has 0 aliphatic heterocycles. The van der Waals surface area contributed by atoms with Crippen LogP contribution >= 0.6 is 0 Å². The first-order chi connectivity index (χ1) is 7.92. The Morgan fingerprint density at radius 1 is 0.765 bits per heavy atom. The summed E-state index contributed by atoms with van der Waals surface area (Å²) in [6, 6.07) is 21.1. The maximum atomic E-state index is 2.35. The van der Waals surface area contributed by atoms with Gasteiger partial charge in [0.25, 0.3) is 0 Å². The smallest absolute Gasteiger partial charge is 0.0410 e. The first-order valence-electron chi connectivity index (χ1n) is 5.79. The third kappa shape index (κ3) is 3.33. The molecule has 2 nitrogen and oxygen atoms in total. The van der Waals surface area contributed by atoms with Gasteiger partial charge >= 0.3 is 0 Å².